The van der Waals surface area contributed by atoms with Crippen molar-refractivity contribution in [3.63, 3.8) is 0 Å². The van der Waals surface area contributed by atoms with E-state index in [-0.39, 0.29) is 16.1 Å². The van der Waals surface area contributed by atoms with Gasteiger partial charge in [0.2, 0.25) is 0 Å². The van der Waals surface area contributed by atoms with Crippen molar-refractivity contribution in [2.24, 2.45) is 5.92 Å². The molecule has 9 nitrogen and oxygen atoms in total. The van der Waals surface area contributed by atoms with E-state index in [1.165, 1.54) is 18.7 Å². The number of alkyl halides is 3. The Kier molecular flexibility index (Phi) is 10.9. The molecule has 0 atom stereocenters. The number of nitrogens with one attached hydrogen (secondary N) is 1. The van der Waals surface area contributed by atoms with Gasteiger partial charge in [-0.2, -0.15) is 13.2 Å². The largest absolute Gasteiger partial charge is 0.490 e. The number of rotatable bonds is 7. The zero-order chi connectivity index (χ0) is 28.5. The van der Waals surface area contributed by atoms with Gasteiger partial charge in [0.25, 0.3) is 10.0 Å². The van der Waals surface area contributed by atoms with E-state index in [4.69, 9.17) is 9.90 Å². The van der Waals surface area contributed by atoms with Crippen LogP contribution in [0.15, 0.2) is 41.4 Å². The average Bonchev–Trinajstić information content (AvgIpc) is 2.78. The number of anilines is 2. The molecule has 0 saturated carbocycles. The van der Waals surface area contributed by atoms with Crippen LogP contribution in [0.2, 0.25) is 0 Å². The third kappa shape index (κ3) is 9.51. The number of aliphatic carboxylic acids is 1. The number of benzene rings is 1. The van der Waals surface area contributed by atoms with Gasteiger partial charge in [-0.05, 0) is 48.9 Å². The number of aromatic nitrogens is 1. The minimum atomic E-state index is -5.08. The lowest BCUT2D eigenvalue weighted by Crippen LogP contribution is -2.29. The fraction of sp³-hybridized carbons (Fsp3) is 0.480. The molecule has 210 valence electrons. The summed E-state index contributed by atoms with van der Waals surface area (Å²) in [7, 11) is -3.85. The molecule has 1 aliphatic rings. The number of carbonyl (C=O) groups is 2. The Hall–Kier alpha value is -3.35. The number of sulfonamides is 1. The standard InChI is InChI=1S/C23H31N3O4S.C2HF3O2/c1-17(2)14-18-8-10-20(11-9-18)31(29,30)25-19-15-21(23(27)28)22(24-16-19)26-12-6-4-3-5-7-13-26;3-2(4,5)1(6)7/h8-11,15-17,25H,3-7,12-14H2,1-2H3,(H,27,28);(H,6,7). The summed E-state index contributed by atoms with van der Waals surface area (Å²) < 4.78 is 59.8. The van der Waals surface area contributed by atoms with Gasteiger partial charge < -0.3 is 15.1 Å². The second-order valence-corrected chi connectivity index (χ2v) is 11.0. The number of carboxylic acid groups (broad SMARTS) is 2. The van der Waals surface area contributed by atoms with Gasteiger partial charge in [0.05, 0.1) is 16.8 Å². The van der Waals surface area contributed by atoms with Crippen LogP contribution in [0.5, 0.6) is 0 Å². The Balaban J connectivity index is 0.000000638. The number of pyridine rings is 1. The van der Waals surface area contributed by atoms with E-state index in [0.717, 1.165) is 50.8 Å². The van der Waals surface area contributed by atoms with E-state index in [2.05, 4.69) is 23.6 Å². The summed E-state index contributed by atoms with van der Waals surface area (Å²) in [5.74, 6) is -3.00. The molecule has 0 bridgehead atoms. The third-order valence-corrected chi connectivity index (χ3v) is 7.02. The molecular weight excluding hydrogens is 527 g/mol. The van der Waals surface area contributed by atoms with Crippen molar-refractivity contribution in [3.05, 3.63) is 47.7 Å². The Bertz CT molecular complexity index is 1190. The minimum Gasteiger partial charge on any atom is -0.478 e. The van der Waals surface area contributed by atoms with E-state index in [9.17, 15) is 31.5 Å². The zero-order valence-electron chi connectivity index (χ0n) is 21.2. The van der Waals surface area contributed by atoms with E-state index >= 15 is 0 Å². The summed E-state index contributed by atoms with van der Waals surface area (Å²) in [6.07, 6.45) is 2.60. The number of hydrogen-bond donors (Lipinski definition) is 3. The SMILES string of the molecule is CC(C)Cc1ccc(S(=O)(=O)Nc2cnc(N3CCCCCCC3)c(C(=O)O)c2)cc1.O=C(O)C(F)(F)F. The van der Waals surface area contributed by atoms with Gasteiger partial charge in [-0.25, -0.2) is 23.0 Å². The highest BCUT2D eigenvalue weighted by Gasteiger charge is 2.38. The number of hydrogen-bond acceptors (Lipinski definition) is 6. The molecular formula is C25H32F3N3O6S. The van der Waals surface area contributed by atoms with E-state index in [1.807, 2.05) is 4.90 Å². The first-order chi connectivity index (χ1) is 17.7. The molecule has 0 aliphatic carbocycles. The Morgan fingerprint density at radius 2 is 1.55 bits per heavy atom. The van der Waals surface area contributed by atoms with Gasteiger partial charge in [-0.1, -0.05) is 45.2 Å². The maximum Gasteiger partial charge on any atom is 0.490 e. The molecule has 2 heterocycles. The topological polar surface area (TPSA) is 137 Å². The molecule has 1 aromatic carbocycles. The van der Waals surface area contributed by atoms with Gasteiger partial charge in [0, 0.05) is 13.1 Å². The number of aromatic carboxylic acids is 1. The summed E-state index contributed by atoms with van der Waals surface area (Å²) in [5, 5.41) is 16.8. The minimum absolute atomic E-state index is 0.00746. The second kappa shape index (κ2) is 13.4. The van der Waals surface area contributed by atoms with E-state index in [1.54, 1.807) is 24.3 Å². The van der Waals surface area contributed by atoms with Crippen LogP contribution in [0.4, 0.5) is 24.7 Å². The highest BCUT2D eigenvalue weighted by molar-refractivity contribution is 7.92. The summed E-state index contributed by atoms with van der Waals surface area (Å²) in [6, 6.07) is 8.11. The van der Waals surface area contributed by atoms with Gasteiger partial charge in [-0.15, -0.1) is 0 Å². The number of halogens is 3. The van der Waals surface area contributed by atoms with Crippen LogP contribution < -0.4 is 9.62 Å². The van der Waals surface area contributed by atoms with Crippen LogP contribution in [-0.4, -0.2) is 54.8 Å². The van der Waals surface area contributed by atoms with E-state index < -0.39 is 28.1 Å². The number of nitrogens with zero attached hydrogens (tertiary/aromatic N) is 2. The van der Waals surface area contributed by atoms with Gasteiger partial charge in [0.1, 0.15) is 11.4 Å². The summed E-state index contributed by atoms with van der Waals surface area (Å²) >= 11 is 0. The fourth-order valence-electron chi connectivity index (χ4n) is 3.87. The molecule has 0 amide bonds. The first kappa shape index (κ1) is 30.9. The van der Waals surface area contributed by atoms with Gasteiger partial charge in [0.15, 0.2) is 0 Å². The van der Waals surface area contributed by atoms with Crippen molar-refractivity contribution < 1.29 is 41.4 Å². The summed E-state index contributed by atoms with van der Waals surface area (Å²) in [5.41, 5.74) is 1.22. The highest BCUT2D eigenvalue weighted by Crippen LogP contribution is 2.26. The molecule has 38 heavy (non-hydrogen) atoms. The lowest BCUT2D eigenvalue weighted by atomic mass is 10.0. The van der Waals surface area contributed by atoms with Crippen LogP contribution in [0, 0.1) is 5.92 Å². The molecule has 0 unspecified atom stereocenters. The van der Waals surface area contributed by atoms with Crippen molar-refractivity contribution in [3.8, 4) is 0 Å². The quantitative estimate of drug-likeness (QED) is 0.422. The molecule has 3 N–H and O–H groups in total. The normalized spacial score (nSPS) is 14.6. The predicted octanol–water partition coefficient (Wildman–Crippen LogP) is 5.18. The molecule has 0 radical (unpaired) electrons. The van der Waals surface area contributed by atoms with Crippen molar-refractivity contribution >= 4 is 33.5 Å². The molecule has 1 fully saturated rings. The summed E-state index contributed by atoms with van der Waals surface area (Å²) in [6.45, 7) is 5.72. The first-order valence-corrected chi connectivity index (χ1v) is 13.6. The molecule has 13 heteroatoms. The van der Waals surface area contributed by atoms with Gasteiger partial charge >= 0.3 is 18.1 Å². The van der Waals surface area contributed by atoms with Crippen LogP contribution >= 0.6 is 0 Å². The predicted molar refractivity (Wildman–Crippen MR) is 136 cm³/mol. The lowest BCUT2D eigenvalue weighted by Gasteiger charge is -2.27. The second-order valence-electron chi connectivity index (χ2n) is 9.31. The average molecular weight is 560 g/mol. The smallest absolute Gasteiger partial charge is 0.478 e. The third-order valence-electron chi connectivity index (χ3n) is 5.62. The van der Waals surface area contributed by atoms with Crippen molar-refractivity contribution in [1.29, 1.82) is 0 Å². The monoisotopic (exact) mass is 559 g/mol. The Morgan fingerprint density at radius 3 is 2.03 bits per heavy atom. The van der Waals surface area contributed by atoms with Crippen LogP contribution in [-0.2, 0) is 21.2 Å². The molecule has 0 spiro atoms. The fourth-order valence-corrected chi connectivity index (χ4v) is 4.91. The van der Waals surface area contributed by atoms with Crippen LogP contribution in [0.25, 0.3) is 0 Å². The van der Waals surface area contributed by atoms with Crippen molar-refractivity contribution in [2.45, 2.75) is 63.4 Å². The summed E-state index contributed by atoms with van der Waals surface area (Å²) in [4.78, 5) is 27.2. The maximum absolute atomic E-state index is 12.8. The van der Waals surface area contributed by atoms with Crippen molar-refractivity contribution in [1.82, 2.24) is 4.98 Å². The van der Waals surface area contributed by atoms with Gasteiger partial charge in [-0.3, -0.25) is 4.72 Å². The van der Waals surface area contributed by atoms with Crippen LogP contribution in [0.1, 0.15) is 61.9 Å². The van der Waals surface area contributed by atoms with Crippen LogP contribution in [0.3, 0.4) is 0 Å². The first-order valence-electron chi connectivity index (χ1n) is 12.1. The molecule has 1 aromatic heterocycles. The Morgan fingerprint density at radius 1 is 1.03 bits per heavy atom. The van der Waals surface area contributed by atoms with E-state index in [0.29, 0.717) is 11.7 Å². The maximum atomic E-state index is 12.8. The Labute approximate surface area is 219 Å². The lowest BCUT2D eigenvalue weighted by molar-refractivity contribution is -0.192. The zero-order valence-corrected chi connectivity index (χ0v) is 22.0. The van der Waals surface area contributed by atoms with Crippen molar-refractivity contribution in [2.75, 3.05) is 22.7 Å². The molecule has 1 saturated heterocycles. The molecule has 1 aliphatic heterocycles. The molecule has 3 rings (SSSR count). The number of carboxylic acids is 2. The molecule has 2 aromatic rings. The highest BCUT2D eigenvalue weighted by atomic mass is 32.2.